The highest BCUT2D eigenvalue weighted by molar-refractivity contribution is 14.1. The Balaban J connectivity index is 3.30. The number of nitrogens with two attached hydrogens (primary N) is 1. The summed E-state index contributed by atoms with van der Waals surface area (Å²) in [5, 5.41) is 4.31. The Morgan fingerprint density at radius 2 is 2.00 bits per heavy atom. The van der Waals surface area contributed by atoms with E-state index in [2.05, 4.69) is 9.72 Å². The molecule has 0 fully saturated rings. The number of alkyl halides is 3. The molecule has 0 amide bonds. The number of halogens is 4. The number of nitrogens with zero attached hydrogens (tertiary/aromatic N) is 1. The molecule has 10 heteroatoms. The molecule has 1 aromatic heterocycles. The van der Waals surface area contributed by atoms with E-state index >= 15 is 0 Å². The first-order valence-corrected chi connectivity index (χ1v) is 6.59. The van der Waals surface area contributed by atoms with Crippen molar-refractivity contribution in [2.75, 3.05) is 0 Å². The topological polar surface area (TPSA) is 82.3 Å². The number of aromatic nitrogens is 1. The van der Waals surface area contributed by atoms with Gasteiger partial charge in [-0.1, -0.05) is 0 Å². The second kappa shape index (κ2) is 4.57. The van der Waals surface area contributed by atoms with Crippen molar-refractivity contribution >= 4 is 32.6 Å². The van der Waals surface area contributed by atoms with Gasteiger partial charge in [-0.15, -0.1) is 13.2 Å². The predicted molar refractivity (Wildman–Crippen MR) is 59.7 cm³/mol. The Hall–Kier alpha value is -0.620. The van der Waals surface area contributed by atoms with Gasteiger partial charge >= 0.3 is 6.36 Å². The van der Waals surface area contributed by atoms with Gasteiger partial charge < -0.3 is 4.74 Å². The van der Waals surface area contributed by atoms with Gasteiger partial charge in [0.15, 0.2) is 10.8 Å². The first-order chi connectivity index (χ1) is 7.50. The van der Waals surface area contributed by atoms with Crippen LogP contribution in [-0.4, -0.2) is 19.8 Å². The molecular formula is C7H6F3IN2O3S. The van der Waals surface area contributed by atoms with Gasteiger partial charge in [0.1, 0.15) is 0 Å². The average molecular weight is 382 g/mol. The lowest BCUT2D eigenvalue weighted by Gasteiger charge is -2.13. The molecule has 0 aliphatic heterocycles. The summed E-state index contributed by atoms with van der Waals surface area (Å²) in [6.45, 7) is 1.19. The highest BCUT2D eigenvalue weighted by Crippen LogP contribution is 2.31. The second-order valence-corrected chi connectivity index (χ2v) is 5.62. The van der Waals surface area contributed by atoms with E-state index in [9.17, 15) is 21.6 Å². The third-order valence-corrected chi connectivity index (χ3v) is 3.18. The standard InChI is InChI=1S/C7H6F3IN2O3S/c1-3-6(16-7(8,9)10)4(11)2-5(13-3)17(12,14)15/h2H,1H3,(H2,12,14,15). The number of rotatable bonds is 2. The van der Waals surface area contributed by atoms with Crippen molar-refractivity contribution in [1.82, 2.24) is 4.98 Å². The number of hydrogen-bond donors (Lipinski definition) is 1. The molecule has 5 nitrogen and oxygen atoms in total. The van der Waals surface area contributed by atoms with Crippen molar-refractivity contribution in [3.05, 3.63) is 15.3 Å². The maximum Gasteiger partial charge on any atom is 0.573 e. The molecule has 1 rings (SSSR count). The van der Waals surface area contributed by atoms with Crippen LogP contribution in [-0.2, 0) is 10.0 Å². The fourth-order valence-electron chi connectivity index (χ4n) is 0.979. The molecule has 0 saturated heterocycles. The number of aryl methyl sites for hydroxylation is 1. The minimum atomic E-state index is -4.87. The fraction of sp³-hybridized carbons (Fsp3) is 0.286. The third-order valence-electron chi connectivity index (χ3n) is 1.58. The van der Waals surface area contributed by atoms with Crippen LogP contribution >= 0.6 is 22.6 Å². The van der Waals surface area contributed by atoms with Crippen molar-refractivity contribution in [3.8, 4) is 5.75 Å². The Morgan fingerprint density at radius 1 is 1.47 bits per heavy atom. The Morgan fingerprint density at radius 3 is 2.35 bits per heavy atom. The fourth-order valence-corrected chi connectivity index (χ4v) is 2.53. The number of pyridine rings is 1. The number of sulfonamides is 1. The molecule has 17 heavy (non-hydrogen) atoms. The summed E-state index contributed by atoms with van der Waals surface area (Å²) in [5.41, 5.74) is -0.210. The molecule has 0 unspecified atom stereocenters. The number of primary sulfonamides is 1. The van der Waals surface area contributed by atoms with Crippen molar-refractivity contribution < 1.29 is 26.3 Å². The molecule has 0 aliphatic rings. The second-order valence-electron chi connectivity index (χ2n) is 2.95. The van der Waals surface area contributed by atoms with E-state index in [1.807, 2.05) is 0 Å². The molecular weight excluding hydrogens is 376 g/mol. The molecule has 96 valence electrons. The smallest absolute Gasteiger partial charge is 0.403 e. The van der Waals surface area contributed by atoms with Crippen LogP contribution in [0, 0.1) is 10.5 Å². The summed E-state index contributed by atoms with van der Waals surface area (Å²) in [5.74, 6) is -0.537. The normalized spacial score (nSPS) is 12.6. The molecule has 1 aromatic rings. The number of hydrogen-bond acceptors (Lipinski definition) is 4. The van der Waals surface area contributed by atoms with Crippen LogP contribution in [0.15, 0.2) is 11.1 Å². The van der Waals surface area contributed by atoms with Crippen LogP contribution in [0.2, 0.25) is 0 Å². The van der Waals surface area contributed by atoms with E-state index in [4.69, 9.17) is 5.14 Å². The van der Waals surface area contributed by atoms with Crippen molar-refractivity contribution in [2.24, 2.45) is 5.14 Å². The van der Waals surface area contributed by atoms with E-state index in [-0.39, 0.29) is 9.26 Å². The van der Waals surface area contributed by atoms with E-state index < -0.39 is 27.2 Å². The highest BCUT2D eigenvalue weighted by atomic mass is 127. The van der Waals surface area contributed by atoms with Crippen LogP contribution in [0.1, 0.15) is 5.69 Å². The molecule has 0 saturated carbocycles. The predicted octanol–water partition coefficient (Wildman–Crippen LogP) is 1.54. The van der Waals surface area contributed by atoms with Gasteiger partial charge in [0.25, 0.3) is 10.0 Å². The minimum absolute atomic E-state index is 0.0450. The number of ether oxygens (including phenoxy) is 1. The van der Waals surface area contributed by atoms with Gasteiger partial charge in [0, 0.05) is 0 Å². The molecule has 1 heterocycles. The average Bonchev–Trinajstić information content (AvgIpc) is 2.07. The minimum Gasteiger partial charge on any atom is -0.403 e. The zero-order valence-electron chi connectivity index (χ0n) is 8.25. The molecule has 0 radical (unpaired) electrons. The molecule has 0 bridgehead atoms. The molecule has 2 N–H and O–H groups in total. The van der Waals surface area contributed by atoms with Crippen molar-refractivity contribution in [1.29, 1.82) is 0 Å². The van der Waals surface area contributed by atoms with Crippen LogP contribution < -0.4 is 9.88 Å². The molecule has 0 aromatic carbocycles. The summed E-state index contributed by atoms with van der Waals surface area (Å²) in [6.07, 6.45) is -4.87. The Kier molecular flexibility index (Phi) is 3.88. The van der Waals surface area contributed by atoms with Crippen LogP contribution in [0.4, 0.5) is 13.2 Å². The molecule has 0 atom stereocenters. The third kappa shape index (κ3) is 3.96. The van der Waals surface area contributed by atoms with Gasteiger partial charge in [-0.25, -0.2) is 18.5 Å². The first-order valence-electron chi connectivity index (χ1n) is 3.96. The summed E-state index contributed by atoms with van der Waals surface area (Å²) >= 11 is 1.51. The highest BCUT2D eigenvalue weighted by Gasteiger charge is 2.33. The van der Waals surface area contributed by atoms with E-state index in [1.165, 1.54) is 29.5 Å². The van der Waals surface area contributed by atoms with Gasteiger partial charge in [-0.05, 0) is 35.6 Å². The quantitative estimate of drug-likeness (QED) is 0.787. The van der Waals surface area contributed by atoms with Gasteiger partial charge in [-0.2, -0.15) is 0 Å². The van der Waals surface area contributed by atoms with Gasteiger partial charge in [-0.3, -0.25) is 0 Å². The summed E-state index contributed by atoms with van der Waals surface area (Å²) in [6, 6.07) is 0.907. The van der Waals surface area contributed by atoms with E-state index in [0.29, 0.717) is 0 Å². The lowest BCUT2D eigenvalue weighted by Crippen LogP contribution is -2.20. The lowest BCUT2D eigenvalue weighted by atomic mass is 10.3. The van der Waals surface area contributed by atoms with Crippen molar-refractivity contribution in [2.45, 2.75) is 18.3 Å². The maximum atomic E-state index is 12.0. The SMILES string of the molecule is Cc1nc(S(N)(=O)=O)cc(I)c1OC(F)(F)F. The largest absolute Gasteiger partial charge is 0.573 e. The van der Waals surface area contributed by atoms with Crippen molar-refractivity contribution in [3.63, 3.8) is 0 Å². The van der Waals surface area contributed by atoms with Gasteiger partial charge in [0.2, 0.25) is 0 Å². The van der Waals surface area contributed by atoms with Gasteiger partial charge in [0.05, 0.1) is 9.26 Å². The van der Waals surface area contributed by atoms with E-state index in [0.717, 1.165) is 6.07 Å². The first kappa shape index (κ1) is 14.4. The van der Waals surface area contributed by atoms with Crippen LogP contribution in [0.3, 0.4) is 0 Å². The van der Waals surface area contributed by atoms with Crippen LogP contribution in [0.5, 0.6) is 5.75 Å². The summed E-state index contributed by atoms with van der Waals surface area (Å²) in [4.78, 5) is 3.45. The zero-order chi connectivity index (χ0) is 13.4. The zero-order valence-corrected chi connectivity index (χ0v) is 11.2. The summed E-state index contributed by atoms with van der Waals surface area (Å²) in [7, 11) is -4.06. The maximum absolute atomic E-state index is 12.0. The molecule has 0 spiro atoms. The monoisotopic (exact) mass is 382 g/mol. The molecule has 0 aliphatic carbocycles. The lowest BCUT2D eigenvalue weighted by molar-refractivity contribution is -0.275. The summed E-state index contributed by atoms with van der Waals surface area (Å²) < 4.78 is 61.8. The van der Waals surface area contributed by atoms with Crippen LogP contribution in [0.25, 0.3) is 0 Å². The van der Waals surface area contributed by atoms with E-state index in [1.54, 1.807) is 0 Å². The Labute approximate surface area is 108 Å². The Bertz CT molecular complexity index is 521.